The fourth-order valence-corrected chi connectivity index (χ4v) is 3.03. The molecule has 2 aromatic rings. The molecule has 0 fully saturated rings. The summed E-state index contributed by atoms with van der Waals surface area (Å²) in [6.45, 7) is 2.67. The number of fused-ring (bicyclic) bond motifs is 1. The molecule has 3 rings (SSSR count). The number of thiol groups is 1. The van der Waals surface area contributed by atoms with Crippen LogP contribution in [-0.4, -0.2) is 28.6 Å². The Morgan fingerprint density at radius 3 is 3.00 bits per heavy atom. The summed E-state index contributed by atoms with van der Waals surface area (Å²) in [5.74, 6) is -0.616. The summed E-state index contributed by atoms with van der Waals surface area (Å²) in [5, 5.41) is 2.84. The smallest absolute Gasteiger partial charge is 0.238 e. The monoisotopic (exact) mass is 361 g/mol. The summed E-state index contributed by atoms with van der Waals surface area (Å²) in [7, 11) is 0. The number of hydrogen-bond acceptors (Lipinski definition) is 6. The lowest BCUT2D eigenvalue weighted by molar-refractivity contribution is -0.116. The van der Waals surface area contributed by atoms with Crippen molar-refractivity contribution in [3.8, 4) is 0 Å². The van der Waals surface area contributed by atoms with Crippen molar-refractivity contribution in [3.63, 3.8) is 0 Å². The van der Waals surface area contributed by atoms with Crippen molar-refractivity contribution in [1.82, 2.24) is 9.97 Å². The zero-order chi connectivity index (χ0) is 17.3. The molecule has 24 heavy (non-hydrogen) atoms. The highest BCUT2D eigenvalue weighted by Crippen LogP contribution is 2.39. The van der Waals surface area contributed by atoms with E-state index in [0.29, 0.717) is 17.8 Å². The van der Waals surface area contributed by atoms with Crippen LogP contribution in [0.5, 0.6) is 0 Å². The van der Waals surface area contributed by atoms with E-state index in [1.807, 2.05) is 25.1 Å². The number of rotatable bonds is 4. The van der Waals surface area contributed by atoms with Crippen LogP contribution in [0.2, 0.25) is 5.28 Å². The summed E-state index contributed by atoms with van der Waals surface area (Å²) >= 11 is 10.3. The average molecular weight is 362 g/mol. The van der Waals surface area contributed by atoms with Gasteiger partial charge in [0.15, 0.2) is 0 Å². The Morgan fingerprint density at radius 2 is 2.25 bits per heavy atom. The Morgan fingerprint density at radius 1 is 1.46 bits per heavy atom. The predicted octanol–water partition coefficient (Wildman–Crippen LogP) is 2.91. The number of nitrogens with two attached hydrogens (primary N) is 1. The van der Waals surface area contributed by atoms with E-state index in [1.54, 1.807) is 6.21 Å². The molecule has 8 heteroatoms. The van der Waals surface area contributed by atoms with Crippen LogP contribution >= 0.6 is 24.2 Å². The van der Waals surface area contributed by atoms with Crippen molar-refractivity contribution in [3.05, 3.63) is 40.3 Å². The van der Waals surface area contributed by atoms with Crippen LogP contribution in [0.1, 0.15) is 36.1 Å². The molecule has 0 bridgehead atoms. The predicted molar refractivity (Wildman–Crippen MR) is 98.4 cm³/mol. The molecule has 2 heterocycles. The molecule has 1 unspecified atom stereocenters. The molecular formula is C16H16ClN5OS. The Hall–Kier alpha value is -2.12. The van der Waals surface area contributed by atoms with Gasteiger partial charge in [-0.25, -0.2) is 9.97 Å². The number of nitrogens with zero attached hydrogens (tertiary/aromatic N) is 3. The van der Waals surface area contributed by atoms with Gasteiger partial charge in [0.25, 0.3) is 0 Å². The van der Waals surface area contributed by atoms with Crippen LogP contribution in [0.4, 0.5) is 11.5 Å². The second kappa shape index (κ2) is 6.78. The zero-order valence-electron chi connectivity index (χ0n) is 13.0. The molecule has 124 valence electrons. The molecule has 1 aliphatic heterocycles. The lowest BCUT2D eigenvalue weighted by Gasteiger charge is -2.13. The van der Waals surface area contributed by atoms with E-state index in [2.05, 4.69) is 32.9 Å². The first kappa shape index (κ1) is 16.7. The lowest BCUT2D eigenvalue weighted by atomic mass is 9.94. The van der Waals surface area contributed by atoms with Crippen molar-refractivity contribution >= 4 is 47.9 Å². The number of aliphatic imine (C=N–C) groups is 1. The molecule has 0 aliphatic carbocycles. The number of halogens is 1. The maximum Gasteiger partial charge on any atom is 0.238 e. The zero-order valence-corrected chi connectivity index (χ0v) is 14.6. The maximum absolute atomic E-state index is 12.5. The molecule has 3 N–H and O–H groups in total. The van der Waals surface area contributed by atoms with Gasteiger partial charge in [0.1, 0.15) is 11.7 Å². The van der Waals surface area contributed by atoms with Crippen LogP contribution in [0.25, 0.3) is 0 Å². The number of carbonyl (C=O) groups excluding carboxylic acids is 1. The molecule has 1 amide bonds. The molecule has 1 atom stereocenters. The highest BCUT2D eigenvalue weighted by Gasteiger charge is 2.35. The number of anilines is 2. The molecule has 1 aromatic heterocycles. The van der Waals surface area contributed by atoms with E-state index in [0.717, 1.165) is 22.6 Å². The average Bonchev–Trinajstić information content (AvgIpc) is 2.84. The molecule has 1 aliphatic rings. The Kier molecular flexibility index (Phi) is 4.73. The highest BCUT2D eigenvalue weighted by molar-refractivity contribution is 7.80. The number of aromatic nitrogens is 2. The topological polar surface area (TPSA) is 93.3 Å². The minimum Gasteiger partial charge on any atom is -0.383 e. The largest absolute Gasteiger partial charge is 0.383 e. The summed E-state index contributed by atoms with van der Waals surface area (Å²) in [4.78, 5) is 25.8. The Labute approximate surface area is 150 Å². The van der Waals surface area contributed by atoms with Crippen LogP contribution in [0.3, 0.4) is 0 Å². The van der Waals surface area contributed by atoms with Crippen molar-refractivity contribution < 1.29 is 4.79 Å². The quantitative estimate of drug-likeness (QED) is 0.443. The summed E-state index contributed by atoms with van der Waals surface area (Å²) in [6.07, 6.45) is 2.51. The third-order valence-electron chi connectivity index (χ3n) is 3.69. The SMILES string of the molecule is CCCN=Cc1c(N)nc(Cl)nc1C1C(=O)Nc2ccc(S)cc21. The van der Waals surface area contributed by atoms with E-state index in [4.69, 9.17) is 17.3 Å². The van der Waals surface area contributed by atoms with Gasteiger partial charge < -0.3 is 11.1 Å². The molecule has 0 radical (unpaired) electrons. The molecule has 0 saturated carbocycles. The van der Waals surface area contributed by atoms with E-state index >= 15 is 0 Å². The Balaban J connectivity index is 2.16. The fourth-order valence-electron chi connectivity index (χ4n) is 2.63. The molecule has 6 nitrogen and oxygen atoms in total. The van der Waals surface area contributed by atoms with Gasteiger partial charge in [-0.15, -0.1) is 12.6 Å². The number of hydrogen-bond donors (Lipinski definition) is 3. The summed E-state index contributed by atoms with van der Waals surface area (Å²) in [6, 6.07) is 5.46. The second-order valence-corrected chi connectivity index (χ2v) is 6.26. The van der Waals surface area contributed by atoms with Gasteiger partial charge in [-0.3, -0.25) is 9.79 Å². The highest BCUT2D eigenvalue weighted by atomic mass is 35.5. The van der Waals surface area contributed by atoms with Crippen LogP contribution in [-0.2, 0) is 4.79 Å². The maximum atomic E-state index is 12.5. The van der Waals surface area contributed by atoms with E-state index in [9.17, 15) is 4.79 Å². The summed E-state index contributed by atoms with van der Waals surface area (Å²) in [5.41, 5.74) is 8.47. The van der Waals surface area contributed by atoms with Crippen LogP contribution in [0.15, 0.2) is 28.1 Å². The van der Waals surface area contributed by atoms with Crippen molar-refractivity contribution in [2.75, 3.05) is 17.6 Å². The normalized spacial score (nSPS) is 16.5. The molecule has 1 aromatic carbocycles. The molecule has 0 spiro atoms. The first-order valence-electron chi connectivity index (χ1n) is 7.47. The van der Waals surface area contributed by atoms with Crippen molar-refractivity contribution in [2.45, 2.75) is 24.2 Å². The summed E-state index contributed by atoms with van der Waals surface area (Å²) < 4.78 is 0. The number of nitrogen functional groups attached to an aromatic ring is 1. The van der Waals surface area contributed by atoms with E-state index in [1.165, 1.54) is 0 Å². The number of carbonyl (C=O) groups is 1. The minimum atomic E-state index is -0.627. The first-order chi connectivity index (χ1) is 11.5. The fraction of sp³-hybridized carbons (Fsp3) is 0.250. The van der Waals surface area contributed by atoms with Gasteiger partial charge in [-0.1, -0.05) is 6.92 Å². The third-order valence-corrected chi connectivity index (χ3v) is 4.14. The van der Waals surface area contributed by atoms with E-state index < -0.39 is 5.92 Å². The number of amides is 1. The van der Waals surface area contributed by atoms with E-state index in [-0.39, 0.29) is 17.0 Å². The van der Waals surface area contributed by atoms with Gasteiger partial charge in [-0.2, -0.15) is 0 Å². The van der Waals surface area contributed by atoms with Gasteiger partial charge in [0.2, 0.25) is 11.2 Å². The first-order valence-corrected chi connectivity index (χ1v) is 8.30. The molecule has 0 saturated heterocycles. The van der Waals surface area contributed by atoms with Gasteiger partial charge in [0.05, 0.1) is 11.3 Å². The third kappa shape index (κ3) is 3.09. The molecular weight excluding hydrogens is 346 g/mol. The second-order valence-electron chi connectivity index (χ2n) is 5.41. The number of benzene rings is 1. The van der Waals surface area contributed by atoms with Gasteiger partial charge in [-0.05, 0) is 41.8 Å². The lowest BCUT2D eigenvalue weighted by Crippen LogP contribution is -2.18. The van der Waals surface area contributed by atoms with Crippen LogP contribution < -0.4 is 11.1 Å². The van der Waals surface area contributed by atoms with Crippen LogP contribution in [0, 0.1) is 0 Å². The standard InChI is InChI=1S/C16H16ClN5OS/c1-2-5-19-7-10-13(21-16(17)22-14(10)18)12-9-6-8(24)3-4-11(9)20-15(12)23/h3-4,6-7,12,24H,2,5H2,1H3,(H,20,23)(H2,18,21,22). The Bertz CT molecular complexity index is 839. The number of nitrogens with one attached hydrogen (secondary N) is 1. The minimum absolute atomic E-state index is 0.00146. The van der Waals surface area contributed by atoms with Crippen molar-refractivity contribution in [1.29, 1.82) is 0 Å². The van der Waals surface area contributed by atoms with Gasteiger partial charge in [0, 0.05) is 23.3 Å². The van der Waals surface area contributed by atoms with Gasteiger partial charge >= 0.3 is 0 Å². The van der Waals surface area contributed by atoms with Crippen molar-refractivity contribution in [2.24, 2.45) is 4.99 Å².